The number of nitrogens with one attached hydrogen (secondary N) is 1. The number of hydrogen-bond donors (Lipinski definition) is 1. The van der Waals surface area contributed by atoms with Crippen molar-refractivity contribution in [1.29, 1.82) is 0 Å². The fourth-order valence-corrected chi connectivity index (χ4v) is 1.99. The minimum atomic E-state index is 0.336. The molecule has 1 aliphatic rings. The molecule has 0 aromatic carbocycles. The summed E-state index contributed by atoms with van der Waals surface area (Å²) in [7, 11) is 0. The van der Waals surface area contributed by atoms with Gasteiger partial charge in [0.05, 0.1) is 12.3 Å². The monoisotopic (exact) mass is 193 g/mol. The summed E-state index contributed by atoms with van der Waals surface area (Å²) in [6.07, 6.45) is 5.86. The molecule has 0 spiro atoms. The maximum atomic E-state index is 5.35. The molecule has 2 nitrogen and oxygen atoms in total. The molecule has 0 amide bonds. The van der Waals surface area contributed by atoms with E-state index in [0.717, 1.165) is 12.3 Å². The molecule has 0 saturated heterocycles. The Bertz CT molecular complexity index is 275. The summed E-state index contributed by atoms with van der Waals surface area (Å²) in [5.74, 6) is 1.04. The predicted molar refractivity (Wildman–Crippen MR) is 57.1 cm³/mol. The minimum absolute atomic E-state index is 0.336. The van der Waals surface area contributed by atoms with Crippen LogP contribution in [0.25, 0.3) is 0 Å². The third-order valence-corrected chi connectivity index (χ3v) is 3.37. The predicted octanol–water partition coefficient (Wildman–Crippen LogP) is 3.12. The fourth-order valence-electron chi connectivity index (χ4n) is 1.99. The van der Waals surface area contributed by atoms with Crippen LogP contribution in [-0.2, 0) is 0 Å². The first-order valence-electron chi connectivity index (χ1n) is 5.46. The molecule has 0 radical (unpaired) electrons. The molecule has 1 heterocycles. The molecule has 1 N–H and O–H groups in total. The van der Waals surface area contributed by atoms with Gasteiger partial charge in [-0.3, -0.25) is 0 Å². The van der Waals surface area contributed by atoms with Crippen LogP contribution in [-0.4, -0.2) is 6.54 Å². The first-order valence-corrected chi connectivity index (χ1v) is 5.46. The van der Waals surface area contributed by atoms with E-state index >= 15 is 0 Å². The molecule has 1 aliphatic carbocycles. The van der Waals surface area contributed by atoms with Crippen LogP contribution in [0, 0.1) is 5.41 Å². The number of rotatable bonds is 4. The standard InChI is InChI=1S/C12H19NO/c1-10(11-5-3-8-14-11)13-9-12(2)6-4-7-12/h3,5,8,10,13H,4,6-7,9H2,1-2H3. The Morgan fingerprint density at radius 1 is 1.57 bits per heavy atom. The molecule has 1 saturated carbocycles. The smallest absolute Gasteiger partial charge is 0.120 e. The summed E-state index contributed by atoms with van der Waals surface area (Å²) in [5.41, 5.74) is 0.543. The van der Waals surface area contributed by atoms with Crippen LogP contribution in [0.15, 0.2) is 22.8 Å². The molecule has 78 valence electrons. The maximum absolute atomic E-state index is 5.35. The Labute approximate surface area is 85.7 Å². The zero-order valence-electron chi connectivity index (χ0n) is 9.05. The van der Waals surface area contributed by atoms with Crippen LogP contribution < -0.4 is 5.32 Å². The second-order valence-corrected chi connectivity index (χ2v) is 4.78. The highest BCUT2D eigenvalue weighted by molar-refractivity contribution is 5.03. The zero-order chi connectivity index (χ0) is 10.0. The first-order chi connectivity index (χ1) is 6.70. The van der Waals surface area contributed by atoms with Gasteiger partial charge in [0.25, 0.3) is 0 Å². The topological polar surface area (TPSA) is 25.2 Å². The van der Waals surface area contributed by atoms with Gasteiger partial charge < -0.3 is 9.73 Å². The summed E-state index contributed by atoms with van der Waals surface area (Å²) in [5, 5.41) is 3.53. The van der Waals surface area contributed by atoms with Crippen molar-refractivity contribution in [1.82, 2.24) is 5.32 Å². The van der Waals surface area contributed by atoms with Gasteiger partial charge in [-0.2, -0.15) is 0 Å². The summed E-state index contributed by atoms with van der Waals surface area (Å²) >= 11 is 0. The normalized spacial score (nSPS) is 21.6. The van der Waals surface area contributed by atoms with Crippen LogP contribution in [0.3, 0.4) is 0 Å². The lowest BCUT2D eigenvalue weighted by molar-refractivity contribution is 0.150. The summed E-state index contributed by atoms with van der Waals surface area (Å²) in [6.45, 7) is 5.62. The van der Waals surface area contributed by atoms with Crippen molar-refractivity contribution < 1.29 is 4.42 Å². The highest BCUT2D eigenvalue weighted by Gasteiger charge is 2.31. The molecule has 1 aromatic rings. The largest absolute Gasteiger partial charge is 0.468 e. The average Bonchev–Trinajstić information content (AvgIpc) is 2.63. The van der Waals surface area contributed by atoms with Crippen LogP contribution in [0.4, 0.5) is 0 Å². The molecule has 0 bridgehead atoms. The third kappa shape index (κ3) is 2.01. The highest BCUT2D eigenvalue weighted by Crippen LogP contribution is 2.39. The van der Waals surface area contributed by atoms with Gasteiger partial charge in [-0.1, -0.05) is 13.3 Å². The second-order valence-electron chi connectivity index (χ2n) is 4.78. The number of hydrogen-bond acceptors (Lipinski definition) is 2. The Morgan fingerprint density at radius 2 is 2.36 bits per heavy atom. The molecule has 0 aliphatic heterocycles. The van der Waals surface area contributed by atoms with Crippen molar-refractivity contribution in [3.05, 3.63) is 24.2 Å². The lowest BCUT2D eigenvalue weighted by Gasteiger charge is -2.39. The van der Waals surface area contributed by atoms with Gasteiger partial charge in [0.2, 0.25) is 0 Å². The molecule has 2 rings (SSSR count). The average molecular weight is 193 g/mol. The zero-order valence-corrected chi connectivity index (χ0v) is 9.05. The molecular weight excluding hydrogens is 174 g/mol. The minimum Gasteiger partial charge on any atom is -0.468 e. The molecular formula is C12H19NO. The van der Waals surface area contributed by atoms with Crippen molar-refractivity contribution >= 4 is 0 Å². The van der Waals surface area contributed by atoms with Crippen LogP contribution in [0.2, 0.25) is 0 Å². The van der Waals surface area contributed by atoms with Gasteiger partial charge in [0, 0.05) is 6.54 Å². The van der Waals surface area contributed by atoms with Gasteiger partial charge >= 0.3 is 0 Å². The van der Waals surface area contributed by atoms with E-state index < -0.39 is 0 Å². The molecule has 1 aromatic heterocycles. The van der Waals surface area contributed by atoms with Gasteiger partial charge in [-0.15, -0.1) is 0 Å². The van der Waals surface area contributed by atoms with Crippen LogP contribution in [0.5, 0.6) is 0 Å². The Balaban J connectivity index is 1.80. The SMILES string of the molecule is CC(NCC1(C)CCC1)c1ccco1. The van der Waals surface area contributed by atoms with Crippen molar-refractivity contribution in [3.8, 4) is 0 Å². The van der Waals surface area contributed by atoms with E-state index in [1.165, 1.54) is 19.3 Å². The molecule has 1 atom stereocenters. The van der Waals surface area contributed by atoms with E-state index in [1.807, 2.05) is 12.1 Å². The summed E-state index contributed by atoms with van der Waals surface area (Å²) < 4.78 is 5.35. The van der Waals surface area contributed by atoms with Crippen LogP contribution >= 0.6 is 0 Å². The van der Waals surface area contributed by atoms with Crippen molar-refractivity contribution in [2.75, 3.05) is 6.54 Å². The summed E-state index contributed by atoms with van der Waals surface area (Å²) in [6, 6.07) is 4.31. The van der Waals surface area contributed by atoms with E-state index in [9.17, 15) is 0 Å². The molecule has 14 heavy (non-hydrogen) atoms. The van der Waals surface area contributed by atoms with Gasteiger partial charge in [0.15, 0.2) is 0 Å². The van der Waals surface area contributed by atoms with Crippen molar-refractivity contribution in [2.45, 2.75) is 39.2 Å². The van der Waals surface area contributed by atoms with Gasteiger partial charge in [-0.25, -0.2) is 0 Å². The van der Waals surface area contributed by atoms with Gasteiger partial charge in [-0.05, 0) is 37.3 Å². The van der Waals surface area contributed by atoms with E-state index in [2.05, 4.69) is 19.2 Å². The highest BCUT2D eigenvalue weighted by atomic mass is 16.3. The maximum Gasteiger partial charge on any atom is 0.120 e. The van der Waals surface area contributed by atoms with E-state index in [0.29, 0.717) is 11.5 Å². The third-order valence-electron chi connectivity index (χ3n) is 3.37. The van der Waals surface area contributed by atoms with Crippen LogP contribution in [0.1, 0.15) is 44.9 Å². The molecule has 1 fully saturated rings. The quantitative estimate of drug-likeness (QED) is 0.794. The van der Waals surface area contributed by atoms with E-state index in [4.69, 9.17) is 4.42 Å². The fraction of sp³-hybridized carbons (Fsp3) is 0.667. The number of furan rings is 1. The van der Waals surface area contributed by atoms with E-state index in [1.54, 1.807) is 6.26 Å². The van der Waals surface area contributed by atoms with E-state index in [-0.39, 0.29) is 0 Å². The lowest BCUT2D eigenvalue weighted by atomic mass is 9.70. The Morgan fingerprint density at radius 3 is 2.86 bits per heavy atom. The first kappa shape index (κ1) is 9.78. The molecule has 2 heteroatoms. The van der Waals surface area contributed by atoms with Crippen molar-refractivity contribution in [3.63, 3.8) is 0 Å². The second kappa shape index (κ2) is 3.77. The Hall–Kier alpha value is -0.760. The summed E-state index contributed by atoms with van der Waals surface area (Å²) in [4.78, 5) is 0. The molecule has 1 unspecified atom stereocenters. The van der Waals surface area contributed by atoms with Crippen molar-refractivity contribution in [2.24, 2.45) is 5.41 Å². The van der Waals surface area contributed by atoms with Gasteiger partial charge in [0.1, 0.15) is 5.76 Å². The lowest BCUT2D eigenvalue weighted by Crippen LogP contribution is -2.38. The Kier molecular flexibility index (Phi) is 2.64.